The summed E-state index contributed by atoms with van der Waals surface area (Å²) >= 11 is 0. The first-order valence-corrected chi connectivity index (χ1v) is 6.87. The lowest BCUT2D eigenvalue weighted by molar-refractivity contribution is 0.0859. The number of nitrogens with one attached hydrogen (secondary N) is 1. The van der Waals surface area contributed by atoms with Crippen LogP contribution in [-0.4, -0.2) is 39.8 Å². The zero-order valence-corrected chi connectivity index (χ0v) is 11.7. The lowest BCUT2D eigenvalue weighted by Gasteiger charge is -2.10. The Bertz CT molecular complexity index is 644. The van der Waals surface area contributed by atoms with E-state index in [1.165, 1.54) is 0 Å². The van der Waals surface area contributed by atoms with Crippen molar-refractivity contribution < 1.29 is 9.53 Å². The van der Waals surface area contributed by atoms with E-state index in [1.54, 1.807) is 10.7 Å². The molecule has 0 unspecified atom stereocenters. The Morgan fingerprint density at radius 3 is 3.15 bits per heavy atom. The summed E-state index contributed by atoms with van der Waals surface area (Å²) in [6, 6.07) is 1.94. The maximum Gasteiger partial charge on any atom is 0.256 e. The third kappa shape index (κ3) is 2.38. The zero-order chi connectivity index (χ0) is 14.1. The molecule has 106 valence electrons. The van der Waals surface area contributed by atoms with Gasteiger partial charge in [0, 0.05) is 24.5 Å². The van der Waals surface area contributed by atoms with Crippen molar-refractivity contribution in [3.8, 4) is 0 Å². The number of hydrogen-bond acceptors (Lipinski definition) is 4. The number of carbonyl (C=O) groups excluding carboxylic acids is 1. The van der Waals surface area contributed by atoms with Crippen LogP contribution in [0.3, 0.4) is 0 Å². The van der Waals surface area contributed by atoms with Crippen molar-refractivity contribution in [3.05, 3.63) is 29.2 Å². The molecule has 6 heteroatoms. The van der Waals surface area contributed by atoms with Crippen molar-refractivity contribution in [1.29, 1.82) is 0 Å². The Balaban J connectivity index is 1.80. The maximum atomic E-state index is 12.2. The van der Waals surface area contributed by atoms with E-state index in [1.807, 2.05) is 19.9 Å². The van der Waals surface area contributed by atoms with Gasteiger partial charge in [-0.15, -0.1) is 0 Å². The van der Waals surface area contributed by atoms with Crippen LogP contribution in [0.4, 0.5) is 0 Å². The fraction of sp³-hybridized carbons (Fsp3) is 0.500. The molecule has 6 nitrogen and oxygen atoms in total. The standard InChI is InChI=1S/C14H18N4O2/c1-9-6-10(2)18-13(17-9)12(8-16-18)14(19)15-7-11-4-3-5-20-11/h6,8,11H,3-5,7H2,1-2H3,(H,15,19)/t11-/m0/s1. The molecular weight excluding hydrogens is 256 g/mol. The average Bonchev–Trinajstić information content (AvgIpc) is 3.04. The Morgan fingerprint density at radius 1 is 1.55 bits per heavy atom. The average molecular weight is 274 g/mol. The molecule has 1 saturated heterocycles. The van der Waals surface area contributed by atoms with E-state index in [4.69, 9.17) is 4.74 Å². The summed E-state index contributed by atoms with van der Waals surface area (Å²) < 4.78 is 7.18. The van der Waals surface area contributed by atoms with Crippen molar-refractivity contribution in [2.75, 3.05) is 13.2 Å². The van der Waals surface area contributed by atoms with E-state index < -0.39 is 0 Å². The molecule has 1 atom stereocenters. The SMILES string of the molecule is Cc1cc(C)n2ncc(C(=O)NC[C@@H]3CCCO3)c2n1. The van der Waals surface area contributed by atoms with E-state index >= 15 is 0 Å². The van der Waals surface area contributed by atoms with Crippen molar-refractivity contribution in [2.24, 2.45) is 0 Å². The molecule has 0 saturated carbocycles. The van der Waals surface area contributed by atoms with Gasteiger partial charge in [-0.3, -0.25) is 4.79 Å². The van der Waals surface area contributed by atoms with E-state index in [2.05, 4.69) is 15.4 Å². The molecule has 0 radical (unpaired) electrons. The number of hydrogen-bond donors (Lipinski definition) is 1. The molecule has 1 amide bonds. The minimum absolute atomic E-state index is 0.136. The van der Waals surface area contributed by atoms with Gasteiger partial charge in [0.1, 0.15) is 5.56 Å². The molecule has 3 rings (SSSR count). The molecule has 2 aromatic rings. The number of aryl methyl sites for hydroxylation is 2. The van der Waals surface area contributed by atoms with Crippen LogP contribution in [0.25, 0.3) is 5.65 Å². The molecule has 2 aromatic heterocycles. The Morgan fingerprint density at radius 2 is 2.40 bits per heavy atom. The predicted molar refractivity (Wildman–Crippen MR) is 73.8 cm³/mol. The minimum Gasteiger partial charge on any atom is -0.376 e. The summed E-state index contributed by atoms with van der Waals surface area (Å²) in [5.41, 5.74) is 2.96. The fourth-order valence-electron chi connectivity index (χ4n) is 2.54. The highest BCUT2D eigenvalue weighted by molar-refractivity contribution is 5.99. The van der Waals surface area contributed by atoms with Crippen LogP contribution in [0, 0.1) is 13.8 Å². The quantitative estimate of drug-likeness (QED) is 0.914. The first-order chi connectivity index (χ1) is 9.65. The molecule has 1 aliphatic heterocycles. The Hall–Kier alpha value is -1.95. The maximum absolute atomic E-state index is 12.2. The van der Waals surface area contributed by atoms with Gasteiger partial charge in [-0.2, -0.15) is 5.10 Å². The predicted octanol–water partition coefficient (Wildman–Crippen LogP) is 1.25. The molecule has 1 fully saturated rings. The second-order valence-electron chi connectivity index (χ2n) is 5.18. The largest absolute Gasteiger partial charge is 0.376 e. The lowest BCUT2D eigenvalue weighted by atomic mass is 10.2. The number of aromatic nitrogens is 3. The molecule has 0 spiro atoms. The number of amides is 1. The second-order valence-corrected chi connectivity index (χ2v) is 5.18. The highest BCUT2D eigenvalue weighted by atomic mass is 16.5. The van der Waals surface area contributed by atoms with Crippen molar-refractivity contribution in [1.82, 2.24) is 19.9 Å². The lowest BCUT2D eigenvalue weighted by Crippen LogP contribution is -2.31. The van der Waals surface area contributed by atoms with Crippen LogP contribution >= 0.6 is 0 Å². The first-order valence-electron chi connectivity index (χ1n) is 6.87. The molecular formula is C14H18N4O2. The van der Waals surface area contributed by atoms with Crippen LogP contribution in [-0.2, 0) is 4.74 Å². The van der Waals surface area contributed by atoms with Gasteiger partial charge >= 0.3 is 0 Å². The zero-order valence-electron chi connectivity index (χ0n) is 11.7. The van der Waals surface area contributed by atoms with Gasteiger partial charge in [0.15, 0.2) is 5.65 Å². The summed E-state index contributed by atoms with van der Waals surface area (Å²) in [7, 11) is 0. The minimum atomic E-state index is -0.145. The molecule has 3 heterocycles. The number of nitrogens with zero attached hydrogens (tertiary/aromatic N) is 3. The van der Waals surface area contributed by atoms with Gasteiger partial charge in [-0.05, 0) is 32.8 Å². The van der Waals surface area contributed by atoms with Gasteiger partial charge in [0.25, 0.3) is 5.91 Å². The van der Waals surface area contributed by atoms with Crippen molar-refractivity contribution in [2.45, 2.75) is 32.8 Å². The van der Waals surface area contributed by atoms with Gasteiger partial charge < -0.3 is 10.1 Å². The van der Waals surface area contributed by atoms with Crippen LogP contribution in [0.2, 0.25) is 0 Å². The van der Waals surface area contributed by atoms with Gasteiger partial charge in [0.05, 0.1) is 12.3 Å². The smallest absolute Gasteiger partial charge is 0.256 e. The van der Waals surface area contributed by atoms with Crippen molar-refractivity contribution in [3.63, 3.8) is 0 Å². The van der Waals surface area contributed by atoms with Crippen LogP contribution < -0.4 is 5.32 Å². The van der Waals surface area contributed by atoms with E-state index in [0.717, 1.165) is 30.8 Å². The Kier molecular flexibility index (Phi) is 3.40. The molecule has 0 aliphatic carbocycles. The summed E-state index contributed by atoms with van der Waals surface area (Å²) in [6.07, 6.45) is 3.78. The number of ether oxygens (including phenoxy) is 1. The number of carbonyl (C=O) groups is 1. The second kappa shape index (κ2) is 5.20. The third-order valence-electron chi connectivity index (χ3n) is 3.54. The van der Waals surface area contributed by atoms with Gasteiger partial charge in [-0.1, -0.05) is 0 Å². The summed E-state index contributed by atoms with van der Waals surface area (Å²) in [5.74, 6) is -0.145. The van der Waals surface area contributed by atoms with E-state index in [9.17, 15) is 4.79 Å². The molecule has 1 N–H and O–H groups in total. The molecule has 0 aromatic carbocycles. The van der Waals surface area contributed by atoms with Gasteiger partial charge in [0.2, 0.25) is 0 Å². The van der Waals surface area contributed by atoms with E-state index in [-0.39, 0.29) is 12.0 Å². The van der Waals surface area contributed by atoms with Gasteiger partial charge in [-0.25, -0.2) is 9.50 Å². The summed E-state index contributed by atoms with van der Waals surface area (Å²) in [5, 5.41) is 7.12. The molecule has 0 bridgehead atoms. The third-order valence-corrected chi connectivity index (χ3v) is 3.54. The van der Waals surface area contributed by atoms with Crippen LogP contribution in [0.1, 0.15) is 34.6 Å². The highest BCUT2D eigenvalue weighted by Gasteiger charge is 2.19. The van der Waals surface area contributed by atoms with Crippen LogP contribution in [0.15, 0.2) is 12.3 Å². The number of rotatable bonds is 3. The number of fused-ring (bicyclic) bond motifs is 1. The van der Waals surface area contributed by atoms with Crippen LogP contribution in [0.5, 0.6) is 0 Å². The topological polar surface area (TPSA) is 68.5 Å². The summed E-state index contributed by atoms with van der Waals surface area (Å²) in [6.45, 7) is 5.19. The fourth-order valence-corrected chi connectivity index (χ4v) is 2.54. The Labute approximate surface area is 117 Å². The normalized spacial score (nSPS) is 18.6. The first kappa shape index (κ1) is 13.1. The van der Waals surface area contributed by atoms with E-state index in [0.29, 0.717) is 17.8 Å². The van der Waals surface area contributed by atoms with Crippen molar-refractivity contribution >= 4 is 11.6 Å². The highest BCUT2D eigenvalue weighted by Crippen LogP contribution is 2.13. The molecule has 20 heavy (non-hydrogen) atoms. The monoisotopic (exact) mass is 274 g/mol. The summed E-state index contributed by atoms with van der Waals surface area (Å²) in [4.78, 5) is 16.6. The molecule has 1 aliphatic rings.